The lowest BCUT2D eigenvalue weighted by atomic mass is 9.96. The molecule has 1 unspecified atom stereocenters. The monoisotopic (exact) mass is 225 g/mol. The molecular formula is C12H23N3O. The normalized spacial score (nSPS) is 29.5. The average molecular weight is 225 g/mol. The molecule has 3 N–H and O–H groups in total. The summed E-state index contributed by atoms with van der Waals surface area (Å²) in [5.41, 5.74) is 5.73. The lowest BCUT2D eigenvalue weighted by Gasteiger charge is -2.30. The fourth-order valence-corrected chi connectivity index (χ4v) is 2.94. The first-order chi connectivity index (χ1) is 7.65. The summed E-state index contributed by atoms with van der Waals surface area (Å²) in [5, 5.41) is 3.21. The largest absolute Gasteiger partial charge is 0.349 e. The van der Waals surface area contributed by atoms with Gasteiger partial charge in [0.15, 0.2) is 0 Å². The maximum Gasteiger partial charge on any atom is 0.224 e. The highest BCUT2D eigenvalue weighted by atomic mass is 16.2. The van der Waals surface area contributed by atoms with Crippen molar-refractivity contribution in [1.82, 2.24) is 10.2 Å². The molecule has 2 aliphatic rings. The summed E-state index contributed by atoms with van der Waals surface area (Å²) < 4.78 is 0. The van der Waals surface area contributed by atoms with E-state index in [4.69, 9.17) is 5.73 Å². The molecule has 92 valence electrons. The highest BCUT2D eigenvalue weighted by Crippen LogP contribution is 2.29. The average Bonchev–Trinajstić information content (AvgIpc) is 2.88. The number of hydrogen-bond acceptors (Lipinski definition) is 3. The van der Waals surface area contributed by atoms with E-state index >= 15 is 0 Å². The van der Waals surface area contributed by atoms with Gasteiger partial charge in [0.05, 0.1) is 11.5 Å². The Morgan fingerprint density at radius 3 is 2.69 bits per heavy atom. The number of rotatable bonds is 3. The second-order valence-electron chi connectivity index (χ2n) is 5.43. The quantitative estimate of drug-likeness (QED) is 0.727. The van der Waals surface area contributed by atoms with E-state index in [-0.39, 0.29) is 17.4 Å². The summed E-state index contributed by atoms with van der Waals surface area (Å²) in [4.78, 5) is 14.3. The Morgan fingerprint density at radius 1 is 1.50 bits per heavy atom. The molecule has 0 aromatic heterocycles. The van der Waals surface area contributed by atoms with E-state index < -0.39 is 0 Å². The van der Waals surface area contributed by atoms with Gasteiger partial charge in [-0.3, -0.25) is 4.79 Å². The lowest BCUT2D eigenvalue weighted by molar-refractivity contribution is -0.126. The van der Waals surface area contributed by atoms with Crippen LogP contribution in [0.2, 0.25) is 0 Å². The Balaban J connectivity index is 1.90. The molecule has 1 atom stereocenters. The van der Waals surface area contributed by atoms with Crippen LogP contribution in [0.4, 0.5) is 0 Å². The van der Waals surface area contributed by atoms with E-state index in [1.54, 1.807) is 0 Å². The van der Waals surface area contributed by atoms with E-state index in [0.29, 0.717) is 6.54 Å². The van der Waals surface area contributed by atoms with Gasteiger partial charge in [-0.25, -0.2) is 0 Å². The molecule has 1 heterocycles. The summed E-state index contributed by atoms with van der Waals surface area (Å²) in [6.45, 7) is 2.52. The zero-order valence-corrected chi connectivity index (χ0v) is 10.2. The smallest absolute Gasteiger partial charge is 0.224 e. The van der Waals surface area contributed by atoms with Gasteiger partial charge < -0.3 is 16.0 Å². The van der Waals surface area contributed by atoms with Gasteiger partial charge in [-0.2, -0.15) is 0 Å². The standard InChI is InChI=1S/C12H23N3O/c1-15-7-4-10(8-15)11(16)14-12(9-13)5-2-3-6-12/h10H,2-9,13H2,1H3,(H,14,16). The second kappa shape index (κ2) is 4.72. The molecule has 0 aromatic carbocycles. The van der Waals surface area contributed by atoms with Crippen LogP contribution in [-0.4, -0.2) is 43.0 Å². The van der Waals surface area contributed by atoms with Crippen LogP contribution >= 0.6 is 0 Å². The van der Waals surface area contributed by atoms with Crippen LogP contribution in [0.3, 0.4) is 0 Å². The third kappa shape index (κ3) is 2.38. The van der Waals surface area contributed by atoms with Crippen molar-refractivity contribution in [3.8, 4) is 0 Å². The predicted octanol–water partition coefficient (Wildman–Crippen LogP) is 0.326. The third-order valence-corrected chi connectivity index (χ3v) is 4.10. The lowest BCUT2D eigenvalue weighted by Crippen LogP contribution is -2.53. The van der Waals surface area contributed by atoms with Crippen molar-refractivity contribution in [2.24, 2.45) is 11.7 Å². The highest BCUT2D eigenvalue weighted by Gasteiger charge is 2.36. The van der Waals surface area contributed by atoms with Gasteiger partial charge in [-0.1, -0.05) is 12.8 Å². The topological polar surface area (TPSA) is 58.4 Å². The van der Waals surface area contributed by atoms with Crippen molar-refractivity contribution < 1.29 is 4.79 Å². The number of amides is 1. The Kier molecular flexibility index (Phi) is 3.50. The predicted molar refractivity (Wildman–Crippen MR) is 64.0 cm³/mol. The zero-order chi connectivity index (χ0) is 11.6. The van der Waals surface area contributed by atoms with Crippen molar-refractivity contribution in [3.63, 3.8) is 0 Å². The van der Waals surface area contributed by atoms with Crippen molar-refractivity contribution in [3.05, 3.63) is 0 Å². The van der Waals surface area contributed by atoms with Gasteiger partial charge >= 0.3 is 0 Å². The fourth-order valence-electron chi connectivity index (χ4n) is 2.94. The molecule has 1 saturated carbocycles. The number of nitrogens with two attached hydrogens (primary N) is 1. The number of nitrogens with one attached hydrogen (secondary N) is 1. The number of nitrogens with zero attached hydrogens (tertiary/aromatic N) is 1. The van der Waals surface area contributed by atoms with Crippen LogP contribution < -0.4 is 11.1 Å². The minimum Gasteiger partial charge on any atom is -0.349 e. The maximum atomic E-state index is 12.1. The number of carbonyl (C=O) groups is 1. The molecule has 1 aliphatic carbocycles. The van der Waals surface area contributed by atoms with E-state index in [9.17, 15) is 4.79 Å². The van der Waals surface area contributed by atoms with Gasteiger partial charge in [-0.15, -0.1) is 0 Å². The van der Waals surface area contributed by atoms with Crippen LogP contribution in [0.5, 0.6) is 0 Å². The number of hydrogen-bond donors (Lipinski definition) is 2. The molecule has 4 nitrogen and oxygen atoms in total. The van der Waals surface area contributed by atoms with Gasteiger partial charge in [0.1, 0.15) is 0 Å². The SMILES string of the molecule is CN1CCC(C(=O)NC2(CN)CCCC2)C1. The molecule has 1 aliphatic heterocycles. The first-order valence-electron chi connectivity index (χ1n) is 6.36. The van der Waals surface area contributed by atoms with Crippen molar-refractivity contribution in [2.45, 2.75) is 37.6 Å². The van der Waals surface area contributed by atoms with E-state index in [1.807, 2.05) is 0 Å². The summed E-state index contributed by atoms with van der Waals surface area (Å²) in [5.74, 6) is 0.394. The first-order valence-corrected chi connectivity index (χ1v) is 6.36. The Labute approximate surface area is 97.6 Å². The molecular weight excluding hydrogens is 202 g/mol. The van der Waals surface area contributed by atoms with E-state index in [2.05, 4.69) is 17.3 Å². The molecule has 1 saturated heterocycles. The van der Waals surface area contributed by atoms with Gasteiger partial charge in [0.25, 0.3) is 0 Å². The summed E-state index contributed by atoms with van der Waals surface area (Å²) >= 11 is 0. The maximum absolute atomic E-state index is 12.1. The molecule has 0 aromatic rings. The van der Waals surface area contributed by atoms with Gasteiger partial charge in [0.2, 0.25) is 5.91 Å². The molecule has 4 heteroatoms. The molecule has 0 radical (unpaired) electrons. The molecule has 2 rings (SSSR count). The van der Waals surface area contributed by atoms with Crippen LogP contribution in [0.1, 0.15) is 32.1 Å². The summed E-state index contributed by atoms with van der Waals surface area (Å²) in [6, 6.07) is 0. The van der Waals surface area contributed by atoms with Crippen LogP contribution in [0.15, 0.2) is 0 Å². The van der Waals surface area contributed by atoms with Crippen LogP contribution in [0.25, 0.3) is 0 Å². The fraction of sp³-hybridized carbons (Fsp3) is 0.917. The van der Waals surface area contributed by atoms with Crippen molar-refractivity contribution in [2.75, 3.05) is 26.7 Å². The van der Waals surface area contributed by atoms with Crippen LogP contribution in [-0.2, 0) is 4.79 Å². The summed E-state index contributed by atoms with van der Waals surface area (Å²) in [6.07, 6.45) is 5.49. The van der Waals surface area contributed by atoms with Crippen LogP contribution in [0, 0.1) is 5.92 Å². The van der Waals surface area contributed by atoms with E-state index in [1.165, 1.54) is 12.8 Å². The van der Waals surface area contributed by atoms with Gasteiger partial charge in [-0.05, 0) is 32.9 Å². The molecule has 0 bridgehead atoms. The molecule has 16 heavy (non-hydrogen) atoms. The minimum absolute atomic E-state index is 0.0851. The van der Waals surface area contributed by atoms with Crippen molar-refractivity contribution >= 4 is 5.91 Å². The minimum atomic E-state index is -0.0851. The van der Waals surface area contributed by atoms with Gasteiger partial charge in [0, 0.05) is 13.1 Å². The Bertz CT molecular complexity index is 261. The highest BCUT2D eigenvalue weighted by molar-refractivity contribution is 5.80. The zero-order valence-electron chi connectivity index (χ0n) is 10.2. The van der Waals surface area contributed by atoms with E-state index in [0.717, 1.165) is 32.4 Å². The Hall–Kier alpha value is -0.610. The second-order valence-corrected chi connectivity index (χ2v) is 5.43. The van der Waals surface area contributed by atoms with Crippen molar-refractivity contribution in [1.29, 1.82) is 0 Å². The first kappa shape index (κ1) is 11.9. The number of carbonyl (C=O) groups excluding carboxylic acids is 1. The number of likely N-dealkylation sites (tertiary alicyclic amines) is 1. The summed E-state index contributed by atoms with van der Waals surface area (Å²) in [7, 11) is 2.07. The molecule has 2 fully saturated rings. The molecule has 0 spiro atoms. The third-order valence-electron chi connectivity index (χ3n) is 4.10. The Morgan fingerprint density at radius 2 is 2.19 bits per heavy atom. The molecule has 1 amide bonds.